The lowest BCUT2D eigenvalue weighted by atomic mass is 10.2. The number of hydrogen-bond acceptors (Lipinski definition) is 8. The number of rotatable bonds is 5. The Morgan fingerprint density at radius 3 is 2.45 bits per heavy atom. The van der Waals surface area contributed by atoms with Gasteiger partial charge in [-0.15, -0.1) is 5.10 Å². The van der Waals surface area contributed by atoms with Crippen molar-refractivity contribution in [1.82, 2.24) is 20.0 Å². The molecule has 0 aliphatic carbocycles. The van der Waals surface area contributed by atoms with Crippen LogP contribution >= 0.6 is 0 Å². The zero-order valence-corrected chi connectivity index (χ0v) is 16.4. The quantitative estimate of drug-likeness (QED) is 0.692. The molecule has 1 fully saturated rings. The van der Waals surface area contributed by atoms with Gasteiger partial charge < -0.3 is 19.0 Å². The van der Waals surface area contributed by atoms with Crippen LogP contribution in [0, 0.1) is 5.82 Å². The number of benzene rings is 1. The molecule has 0 radical (unpaired) electrons. The summed E-state index contributed by atoms with van der Waals surface area (Å²) in [5.41, 5.74) is -0.0390. The lowest BCUT2D eigenvalue weighted by Gasteiger charge is -2.33. The first-order valence-electron chi connectivity index (χ1n) is 8.82. The average Bonchev–Trinajstić information content (AvgIpc) is 3.19. The van der Waals surface area contributed by atoms with E-state index in [4.69, 9.17) is 9.15 Å². The van der Waals surface area contributed by atoms with Gasteiger partial charge in [-0.25, -0.2) is 17.6 Å². The van der Waals surface area contributed by atoms with Crippen molar-refractivity contribution >= 4 is 21.8 Å². The smallest absolute Gasteiger partial charge is 0.409 e. The second-order valence-electron chi connectivity index (χ2n) is 6.18. The number of ether oxygens (including phenoxy) is 1. The van der Waals surface area contributed by atoms with Crippen LogP contribution in [0.1, 0.15) is 6.92 Å². The number of amides is 2. The van der Waals surface area contributed by atoms with E-state index in [2.05, 4.69) is 10.2 Å². The zero-order chi connectivity index (χ0) is 21.0. The number of carbonyl (C=O) groups excluding carboxylic acids is 2. The van der Waals surface area contributed by atoms with Crippen LogP contribution in [0.3, 0.4) is 0 Å². The van der Waals surface area contributed by atoms with Gasteiger partial charge in [-0.1, -0.05) is 17.2 Å². The molecule has 1 aromatic carbocycles. The molecule has 0 spiro atoms. The first-order valence-corrected chi connectivity index (χ1v) is 10.5. The van der Waals surface area contributed by atoms with E-state index >= 15 is 0 Å². The highest BCUT2D eigenvalue weighted by Gasteiger charge is 2.31. The van der Waals surface area contributed by atoms with Crippen LogP contribution in [0.15, 0.2) is 33.9 Å². The largest absolute Gasteiger partial charge is 0.450 e. The Kier molecular flexibility index (Phi) is 6.11. The van der Waals surface area contributed by atoms with E-state index in [9.17, 15) is 22.4 Å². The van der Waals surface area contributed by atoms with Crippen molar-refractivity contribution in [2.24, 2.45) is 0 Å². The number of piperazine rings is 1. The minimum absolute atomic E-state index is 0.0390. The molecule has 2 heterocycles. The van der Waals surface area contributed by atoms with Gasteiger partial charge in [0.2, 0.25) is 15.7 Å². The molecule has 2 amide bonds. The molecule has 2 aromatic rings. The molecule has 29 heavy (non-hydrogen) atoms. The highest BCUT2D eigenvalue weighted by molar-refractivity contribution is 7.91. The van der Waals surface area contributed by atoms with E-state index in [1.165, 1.54) is 34.1 Å². The van der Waals surface area contributed by atoms with Crippen molar-refractivity contribution in [3.63, 3.8) is 0 Å². The molecule has 12 heteroatoms. The normalized spacial score (nSPS) is 14.7. The maximum absolute atomic E-state index is 13.8. The van der Waals surface area contributed by atoms with Gasteiger partial charge in [-0.05, 0) is 19.1 Å². The second-order valence-corrected chi connectivity index (χ2v) is 8.05. The number of hydrogen-bond donors (Lipinski definition) is 0. The molecule has 156 valence electrons. The highest BCUT2D eigenvalue weighted by Crippen LogP contribution is 2.23. The number of halogens is 1. The van der Waals surface area contributed by atoms with E-state index in [0.29, 0.717) is 0 Å². The molecule has 1 aliphatic rings. The molecule has 3 rings (SSSR count). The van der Waals surface area contributed by atoms with E-state index in [-0.39, 0.29) is 44.2 Å². The fourth-order valence-electron chi connectivity index (χ4n) is 2.75. The lowest BCUT2D eigenvalue weighted by molar-refractivity contribution is -0.130. The summed E-state index contributed by atoms with van der Waals surface area (Å²) in [6.07, 6.45) is -0.473. The van der Waals surface area contributed by atoms with Crippen molar-refractivity contribution in [1.29, 1.82) is 0 Å². The summed E-state index contributed by atoms with van der Waals surface area (Å²) in [5.74, 6) is -2.46. The molecule has 0 bridgehead atoms. The maximum atomic E-state index is 13.8. The Balaban J connectivity index is 1.64. The highest BCUT2D eigenvalue weighted by atomic mass is 32.2. The van der Waals surface area contributed by atoms with Crippen molar-refractivity contribution < 1.29 is 31.6 Å². The summed E-state index contributed by atoms with van der Waals surface area (Å²) >= 11 is 0. The van der Waals surface area contributed by atoms with Gasteiger partial charge in [0.05, 0.1) is 12.2 Å². The zero-order valence-electron chi connectivity index (χ0n) is 15.6. The number of aromatic nitrogens is 2. The average molecular weight is 426 g/mol. The van der Waals surface area contributed by atoms with Gasteiger partial charge in [0, 0.05) is 26.2 Å². The van der Waals surface area contributed by atoms with Crippen LogP contribution < -0.4 is 0 Å². The van der Waals surface area contributed by atoms with Crippen LogP contribution in [0.25, 0.3) is 11.5 Å². The molecule has 1 saturated heterocycles. The van der Waals surface area contributed by atoms with Crippen molar-refractivity contribution in [2.45, 2.75) is 12.1 Å². The minimum Gasteiger partial charge on any atom is -0.450 e. The maximum Gasteiger partial charge on any atom is 0.409 e. The SMILES string of the molecule is CCOC(=O)N1CCN(C(=O)CS(=O)(=O)c2nnc(-c3ccccc3F)o2)CC1. The summed E-state index contributed by atoms with van der Waals surface area (Å²) in [6, 6.07) is 5.55. The molecular formula is C17H19FN4O6S. The van der Waals surface area contributed by atoms with E-state index in [0.717, 1.165) is 0 Å². The fraction of sp³-hybridized carbons (Fsp3) is 0.412. The molecular weight excluding hydrogens is 407 g/mol. The summed E-state index contributed by atoms with van der Waals surface area (Å²) in [6.45, 7) is 2.77. The summed E-state index contributed by atoms with van der Waals surface area (Å²) in [5, 5.41) is 6.25. The second kappa shape index (κ2) is 8.55. The molecule has 0 atom stereocenters. The van der Waals surface area contributed by atoms with E-state index < -0.39 is 38.6 Å². The fourth-order valence-corrected chi connectivity index (χ4v) is 3.75. The molecule has 0 saturated carbocycles. The van der Waals surface area contributed by atoms with E-state index in [1.807, 2.05) is 0 Å². The lowest BCUT2D eigenvalue weighted by Crippen LogP contribution is -2.51. The molecule has 0 N–H and O–H groups in total. The molecule has 1 aliphatic heterocycles. The van der Waals surface area contributed by atoms with Gasteiger partial charge in [0.1, 0.15) is 11.6 Å². The Labute approximate surface area is 166 Å². The van der Waals surface area contributed by atoms with Gasteiger partial charge in [-0.2, -0.15) is 0 Å². The van der Waals surface area contributed by atoms with Crippen LogP contribution in [0.2, 0.25) is 0 Å². The van der Waals surface area contributed by atoms with Crippen LogP contribution in [-0.2, 0) is 19.4 Å². The third kappa shape index (κ3) is 4.70. The van der Waals surface area contributed by atoms with Gasteiger partial charge in [0.25, 0.3) is 5.89 Å². The Morgan fingerprint density at radius 2 is 1.79 bits per heavy atom. The first-order chi connectivity index (χ1) is 13.8. The van der Waals surface area contributed by atoms with Crippen molar-refractivity contribution in [3.05, 3.63) is 30.1 Å². The summed E-state index contributed by atoms with van der Waals surface area (Å²) < 4.78 is 48.7. The van der Waals surface area contributed by atoms with Crippen LogP contribution in [0.4, 0.5) is 9.18 Å². The van der Waals surface area contributed by atoms with E-state index in [1.54, 1.807) is 6.92 Å². The Morgan fingerprint density at radius 1 is 1.14 bits per heavy atom. The van der Waals surface area contributed by atoms with Crippen LogP contribution in [-0.4, -0.2) is 79.0 Å². The third-order valence-electron chi connectivity index (χ3n) is 4.25. The molecule has 0 unspecified atom stereocenters. The number of sulfone groups is 1. The molecule has 10 nitrogen and oxygen atoms in total. The van der Waals surface area contributed by atoms with Crippen LogP contribution in [0.5, 0.6) is 0 Å². The predicted molar refractivity (Wildman–Crippen MR) is 96.9 cm³/mol. The summed E-state index contributed by atoms with van der Waals surface area (Å²) in [4.78, 5) is 26.8. The predicted octanol–water partition coefficient (Wildman–Crippen LogP) is 0.950. The first kappa shape index (κ1) is 20.7. The molecule has 1 aromatic heterocycles. The van der Waals surface area contributed by atoms with Gasteiger partial charge in [-0.3, -0.25) is 4.79 Å². The standard InChI is InChI=1S/C17H19FN4O6S/c1-2-27-17(24)22-9-7-21(8-10-22)14(23)11-29(25,26)16-20-19-15(28-16)12-5-3-4-6-13(12)18/h3-6H,2,7-11H2,1H3. The minimum atomic E-state index is -4.21. The Hall–Kier alpha value is -3.02. The van der Waals surface area contributed by atoms with Gasteiger partial charge >= 0.3 is 11.3 Å². The topological polar surface area (TPSA) is 123 Å². The third-order valence-corrected chi connectivity index (χ3v) is 5.57. The number of nitrogens with zero attached hydrogens (tertiary/aromatic N) is 4. The number of carbonyl (C=O) groups is 2. The van der Waals surface area contributed by atoms with Gasteiger partial charge in [0.15, 0.2) is 0 Å². The monoisotopic (exact) mass is 426 g/mol. The Bertz CT molecular complexity index is 1000. The van der Waals surface area contributed by atoms with Crippen molar-refractivity contribution in [2.75, 3.05) is 38.5 Å². The summed E-state index contributed by atoms with van der Waals surface area (Å²) in [7, 11) is -4.21. The van der Waals surface area contributed by atoms with Crippen molar-refractivity contribution in [3.8, 4) is 11.5 Å².